The molecule has 2 aromatic rings. The maximum Gasteiger partial charge on any atom is 0.209 e. The predicted octanol–water partition coefficient (Wildman–Crippen LogP) is 1.27. The van der Waals surface area contributed by atoms with Gasteiger partial charge in [0.15, 0.2) is 17.1 Å². The lowest BCUT2D eigenvalue weighted by atomic mass is 9.84. The predicted molar refractivity (Wildman–Crippen MR) is 78.2 cm³/mol. The van der Waals surface area contributed by atoms with E-state index < -0.39 is 23.7 Å². The SMILES string of the molecule is COc1ccc([C@]2(O)COc3cc(O)cc(O)c3C2=O)cc1O. The number of Topliss-reactive ketones (excluding diaryl/α,β-unsaturated/α-hetero) is 1. The third-order valence-electron chi connectivity index (χ3n) is 3.76. The summed E-state index contributed by atoms with van der Waals surface area (Å²) in [5.41, 5.74) is -2.21. The first kappa shape index (κ1) is 15.0. The van der Waals surface area contributed by atoms with Crippen LogP contribution in [0.2, 0.25) is 0 Å². The molecule has 0 spiro atoms. The first-order valence-electron chi connectivity index (χ1n) is 6.70. The smallest absolute Gasteiger partial charge is 0.209 e. The van der Waals surface area contributed by atoms with E-state index in [1.54, 1.807) is 0 Å². The number of hydrogen-bond donors (Lipinski definition) is 4. The molecule has 0 radical (unpaired) electrons. The van der Waals surface area contributed by atoms with E-state index in [4.69, 9.17) is 9.47 Å². The third kappa shape index (κ3) is 2.22. The molecule has 1 heterocycles. The summed E-state index contributed by atoms with van der Waals surface area (Å²) in [7, 11) is 1.37. The Balaban J connectivity index is 2.10. The van der Waals surface area contributed by atoms with Gasteiger partial charge in [0.1, 0.15) is 29.4 Å². The Morgan fingerprint density at radius 1 is 1.13 bits per heavy atom. The van der Waals surface area contributed by atoms with Gasteiger partial charge in [0.25, 0.3) is 0 Å². The van der Waals surface area contributed by atoms with Crippen LogP contribution in [0.15, 0.2) is 30.3 Å². The highest BCUT2D eigenvalue weighted by Gasteiger charge is 2.46. The van der Waals surface area contributed by atoms with Crippen molar-refractivity contribution in [1.29, 1.82) is 0 Å². The number of carbonyl (C=O) groups excluding carboxylic acids is 1. The minimum absolute atomic E-state index is 0.0186. The fraction of sp³-hybridized carbons (Fsp3) is 0.188. The molecule has 0 fully saturated rings. The molecule has 23 heavy (non-hydrogen) atoms. The molecule has 0 aliphatic carbocycles. The van der Waals surface area contributed by atoms with Crippen molar-refractivity contribution < 1.29 is 34.7 Å². The number of phenolic OH excluding ortho intramolecular Hbond substituents is 3. The zero-order chi connectivity index (χ0) is 16.8. The molecule has 4 N–H and O–H groups in total. The van der Waals surface area contributed by atoms with E-state index in [-0.39, 0.29) is 34.1 Å². The number of rotatable bonds is 2. The second-order valence-corrected chi connectivity index (χ2v) is 5.20. The monoisotopic (exact) mass is 318 g/mol. The van der Waals surface area contributed by atoms with Crippen LogP contribution in [0.4, 0.5) is 0 Å². The maximum absolute atomic E-state index is 12.7. The molecule has 7 nitrogen and oxygen atoms in total. The Bertz CT molecular complexity index is 799. The van der Waals surface area contributed by atoms with Crippen LogP contribution in [0.1, 0.15) is 15.9 Å². The summed E-state index contributed by atoms with van der Waals surface area (Å²) in [5, 5.41) is 39.9. The maximum atomic E-state index is 12.7. The van der Waals surface area contributed by atoms with E-state index in [1.807, 2.05) is 0 Å². The van der Waals surface area contributed by atoms with Gasteiger partial charge in [-0.1, -0.05) is 6.07 Å². The highest BCUT2D eigenvalue weighted by atomic mass is 16.5. The van der Waals surface area contributed by atoms with Crippen LogP contribution < -0.4 is 9.47 Å². The van der Waals surface area contributed by atoms with Crippen molar-refractivity contribution >= 4 is 5.78 Å². The number of methoxy groups -OCH3 is 1. The van der Waals surface area contributed by atoms with Gasteiger partial charge in [-0.15, -0.1) is 0 Å². The van der Waals surface area contributed by atoms with Crippen LogP contribution in [-0.4, -0.2) is 39.9 Å². The second kappa shape index (κ2) is 5.06. The largest absolute Gasteiger partial charge is 0.508 e. The van der Waals surface area contributed by atoms with Crippen LogP contribution in [-0.2, 0) is 5.60 Å². The quantitative estimate of drug-likeness (QED) is 0.659. The van der Waals surface area contributed by atoms with Crippen LogP contribution in [0, 0.1) is 0 Å². The van der Waals surface area contributed by atoms with Gasteiger partial charge in [0.05, 0.1) is 7.11 Å². The first-order valence-corrected chi connectivity index (χ1v) is 6.70. The molecule has 0 unspecified atom stereocenters. The van der Waals surface area contributed by atoms with Crippen molar-refractivity contribution in [3.63, 3.8) is 0 Å². The number of ether oxygens (including phenoxy) is 2. The average Bonchev–Trinajstić information content (AvgIpc) is 2.50. The summed E-state index contributed by atoms with van der Waals surface area (Å²) in [6.45, 7) is -0.423. The Kier molecular flexibility index (Phi) is 3.30. The number of fused-ring (bicyclic) bond motifs is 1. The number of aromatic hydroxyl groups is 3. The number of hydrogen-bond acceptors (Lipinski definition) is 7. The van der Waals surface area contributed by atoms with Gasteiger partial charge in [0, 0.05) is 12.1 Å². The van der Waals surface area contributed by atoms with Crippen molar-refractivity contribution in [2.75, 3.05) is 13.7 Å². The van der Waals surface area contributed by atoms with Gasteiger partial charge < -0.3 is 29.9 Å². The fourth-order valence-electron chi connectivity index (χ4n) is 2.54. The van der Waals surface area contributed by atoms with Gasteiger partial charge in [-0.05, 0) is 17.7 Å². The summed E-state index contributed by atoms with van der Waals surface area (Å²) >= 11 is 0. The molecule has 0 aromatic heterocycles. The molecule has 7 heteroatoms. The standard InChI is InChI=1S/C16H14O7/c1-22-12-3-2-8(4-10(12)18)16(21)7-23-13-6-9(17)5-11(19)14(13)15(16)20/h2-6,17-19,21H,7H2,1H3/t16-/m1/s1. The molecule has 1 atom stereocenters. The number of carbonyl (C=O) groups is 1. The highest BCUT2D eigenvalue weighted by molar-refractivity contribution is 6.08. The van der Waals surface area contributed by atoms with E-state index >= 15 is 0 Å². The molecular formula is C16H14O7. The fourth-order valence-corrected chi connectivity index (χ4v) is 2.54. The minimum atomic E-state index is -2.08. The number of aliphatic hydroxyl groups is 1. The zero-order valence-electron chi connectivity index (χ0n) is 12.1. The molecule has 0 amide bonds. The Morgan fingerprint density at radius 3 is 2.52 bits per heavy atom. The lowest BCUT2D eigenvalue weighted by Crippen LogP contribution is -2.44. The summed E-state index contributed by atoms with van der Waals surface area (Å²) in [5.74, 6) is -1.63. The van der Waals surface area contributed by atoms with Crippen LogP contribution in [0.5, 0.6) is 28.7 Å². The van der Waals surface area contributed by atoms with Crippen molar-refractivity contribution in [2.24, 2.45) is 0 Å². The molecule has 0 saturated heterocycles. The molecule has 1 aliphatic heterocycles. The van der Waals surface area contributed by atoms with Crippen LogP contribution in [0.25, 0.3) is 0 Å². The second-order valence-electron chi connectivity index (χ2n) is 5.20. The minimum Gasteiger partial charge on any atom is -0.508 e. The molecular weight excluding hydrogens is 304 g/mol. The van der Waals surface area contributed by atoms with E-state index in [9.17, 15) is 25.2 Å². The Hall–Kier alpha value is -2.93. The lowest BCUT2D eigenvalue weighted by Gasteiger charge is -2.32. The van der Waals surface area contributed by atoms with Crippen molar-refractivity contribution in [2.45, 2.75) is 5.60 Å². The van der Waals surface area contributed by atoms with E-state index in [0.29, 0.717) is 0 Å². The van der Waals surface area contributed by atoms with E-state index in [0.717, 1.165) is 6.07 Å². The number of benzene rings is 2. The van der Waals surface area contributed by atoms with Crippen molar-refractivity contribution in [3.8, 4) is 28.7 Å². The molecule has 1 aliphatic rings. The van der Waals surface area contributed by atoms with Gasteiger partial charge in [-0.25, -0.2) is 0 Å². The first-order chi connectivity index (χ1) is 10.9. The van der Waals surface area contributed by atoms with Crippen LogP contribution in [0.3, 0.4) is 0 Å². The van der Waals surface area contributed by atoms with E-state index in [2.05, 4.69) is 0 Å². The summed E-state index contributed by atoms with van der Waals surface area (Å²) in [6.07, 6.45) is 0. The molecule has 3 rings (SSSR count). The summed E-state index contributed by atoms with van der Waals surface area (Å²) in [6, 6.07) is 6.18. The van der Waals surface area contributed by atoms with Gasteiger partial charge in [-0.2, -0.15) is 0 Å². The summed E-state index contributed by atoms with van der Waals surface area (Å²) in [4.78, 5) is 12.7. The third-order valence-corrected chi connectivity index (χ3v) is 3.76. The average molecular weight is 318 g/mol. The highest BCUT2D eigenvalue weighted by Crippen LogP contribution is 2.43. The Morgan fingerprint density at radius 2 is 1.87 bits per heavy atom. The number of phenols is 3. The zero-order valence-corrected chi connectivity index (χ0v) is 12.1. The van der Waals surface area contributed by atoms with E-state index in [1.165, 1.54) is 31.4 Å². The molecule has 2 aromatic carbocycles. The normalized spacial score (nSPS) is 19.8. The number of ketones is 1. The van der Waals surface area contributed by atoms with Gasteiger partial charge in [0.2, 0.25) is 5.78 Å². The van der Waals surface area contributed by atoms with Crippen LogP contribution >= 0.6 is 0 Å². The molecule has 120 valence electrons. The lowest BCUT2D eigenvalue weighted by molar-refractivity contribution is -0.00562. The topological polar surface area (TPSA) is 116 Å². The van der Waals surface area contributed by atoms with Crippen molar-refractivity contribution in [3.05, 3.63) is 41.5 Å². The molecule has 0 saturated carbocycles. The van der Waals surface area contributed by atoms with Crippen molar-refractivity contribution in [1.82, 2.24) is 0 Å². The van der Waals surface area contributed by atoms with Gasteiger partial charge in [-0.3, -0.25) is 4.79 Å². The molecule has 0 bridgehead atoms. The summed E-state index contributed by atoms with van der Waals surface area (Å²) < 4.78 is 10.2. The Labute approximate surface area is 131 Å². The van der Waals surface area contributed by atoms with Gasteiger partial charge >= 0.3 is 0 Å².